The van der Waals surface area contributed by atoms with Gasteiger partial charge in [0.2, 0.25) is 17.4 Å². The maximum atomic E-state index is 12.1. The molecule has 2 heterocycles. The number of aromatic nitrogens is 2. The number of piperidine rings is 1. The van der Waals surface area contributed by atoms with Crippen LogP contribution in [0.1, 0.15) is 36.2 Å². The summed E-state index contributed by atoms with van der Waals surface area (Å²) in [7, 11) is 0. The van der Waals surface area contributed by atoms with Crippen molar-refractivity contribution in [3.8, 4) is 0 Å². The van der Waals surface area contributed by atoms with Gasteiger partial charge in [0.1, 0.15) is 0 Å². The van der Waals surface area contributed by atoms with Crippen molar-refractivity contribution in [2.75, 3.05) is 18.8 Å². The van der Waals surface area contributed by atoms with Crippen LogP contribution in [-0.4, -0.2) is 46.2 Å². The number of carbonyl (C=O) groups excluding carboxylic acids is 2. The second-order valence-electron chi connectivity index (χ2n) is 5.35. The lowest BCUT2D eigenvalue weighted by molar-refractivity contribution is -0.123. The van der Waals surface area contributed by atoms with E-state index in [1.54, 1.807) is 4.90 Å². The second-order valence-corrected chi connectivity index (χ2v) is 5.35. The molecule has 1 saturated carbocycles. The van der Waals surface area contributed by atoms with Crippen molar-refractivity contribution in [2.45, 2.75) is 31.7 Å². The lowest BCUT2D eigenvalue weighted by Crippen LogP contribution is -2.47. The molecule has 3 rings (SSSR count). The fraction of sp³-hybridized carbons (Fsp3) is 0.667. The molecule has 0 unspecified atom stereocenters. The molecule has 108 valence electrons. The topological polar surface area (TPSA) is 114 Å². The number of amides is 2. The molecule has 0 aromatic carbocycles. The molecule has 20 heavy (non-hydrogen) atoms. The number of nitrogens with two attached hydrogens (primary N) is 1. The van der Waals surface area contributed by atoms with E-state index < -0.39 is 0 Å². The molecule has 1 aromatic rings. The van der Waals surface area contributed by atoms with Gasteiger partial charge in [-0.05, 0) is 36.0 Å². The van der Waals surface area contributed by atoms with Crippen LogP contribution in [0.5, 0.6) is 0 Å². The van der Waals surface area contributed by atoms with Gasteiger partial charge in [0.25, 0.3) is 5.91 Å². The van der Waals surface area contributed by atoms with Gasteiger partial charge in [-0.1, -0.05) is 0 Å². The second kappa shape index (κ2) is 5.10. The first-order chi connectivity index (χ1) is 9.65. The zero-order valence-electron chi connectivity index (χ0n) is 11.0. The highest BCUT2D eigenvalue weighted by molar-refractivity contribution is 5.96. The van der Waals surface area contributed by atoms with Crippen molar-refractivity contribution in [3.63, 3.8) is 0 Å². The minimum absolute atomic E-state index is 0.0131. The maximum absolute atomic E-state index is 12.1. The van der Waals surface area contributed by atoms with E-state index in [0.717, 1.165) is 25.7 Å². The van der Waals surface area contributed by atoms with Crippen molar-refractivity contribution in [3.05, 3.63) is 5.69 Å². The Balaban J connectivity index is 1.52. The largest absolute Gasteiger partial charge is 0.379 e. The van der Waals surface area contributed by atoms with E-state index in [-0.39, 0.29) is 35.3 Å². The van der Waals surface area contributed by atoms with Gasteiger partial charge in [0, 0.05) is 25.0 Å². The Hall–Kier alpha value is -2.12. The van der Waals surface area contributed by atoms with Crippen molar-refractivity contribution in [1.29, 1.82) is 0 Å². The molecule has 0 atom stereocenters. The lowest BCUT2D eigenvalue weighted by Gasteiger charge is -2.31. The van der Waals surface area contributed by atoms with Crippen molar-refractivity contribution in [2.24, 2.45) is 5.92 Å². The zero-order chi connectivity index (χ0) is 14.1. The van der Waals surface area contributed by atoms with Crippen LogP contribution < -0.4 is 11.1 Å². The number of likely N-dealkylation sites (tertiary alicyclic amines) is 1. The number of nitrogens with zero attached hydrogens (tertiary/aromatic N) is 3. The van der Waals surface area contributed by atoms with E-state index in [0.29, 0.717) is 13.1 Å². The first-order valence-electron chi connectivity index (χ1n) is 6.83. The summed E-state index contributed by atoms with van der Waals surface area (Å²) in [6.45, 7) is 1.14. The minimum Gasteiger partial charge on any atom is -0.379 e. The Bertz CT molecular complexity index is 517. The predicted molar refractivity (Wildman–Crippen MR) is 68.5 cm³/mol. The Morgan fingerprint density at radius 1 is 1.20 bits per heavy atom. The van der Waals surface area contributed by atoms with Gasteiger partial charge in [0.15, 0.2) is 0 Å². The summed E-state index contributed by atoms with van der Waals surface area (Å²) < 4.78 is 4.43. The normalized spacial score (nSPS) is 19.9. The van der Waals surface area contributed by atoms with Gasteiger partial charge in [-0.3, -0.25) is 9.59 Å². The molecule has 2 amide bonds. The fourth-order valence-electron chi connectivity index (χ4n) is 2.39. The fourth-order valence-corrected chi connectivity index (χ4v) is 2.39. The molecule has 8 heteroatoms. The third-order valence-electron chi connectivity index (χ3n) is 3.79. The average Bonchev–Trinajstić information content (AvgIpc) is 3.21. The summed E-state index contributed by atoms with van der Waals surface area (Å²) in [4.78, 5) is 25.5. The third-order valence-corrected chi connectivity index (χ3v) is 3.79. The Morgan fingerprint density at radius 3 is 2.45 bits per heavy atom. The van der Waals surface area contributed by atoms with E-state index in [1.807, 2.05) is 0 Å². The molecule has 1 aromatic heterocycles. The van der Waals surface area contributed by atoms with Gasteiger partial charge in [0.05, 0.1) is 0 Å². The average molecular weight is 279 g/mol. The number of anilines is 1. The van der Waals surface area contributed by atoms with Crippen molar-refractivity contribution >= 4 is 17.6 Å². The summed E-state index contributed by atoms with van der Waals surface area (Å²) in [5, 5.41) is 9.96. The van der Waals surface area contributed by atoms with Crippen LogP contribution in [0.2, 0.25) is 0 Å². The smallest absolute Gasteiger partial charge is 0.280 e. The Kier molecular flexibility index (Phi) is 3.29. The quantitative estimate of drug-likeness (QED) is 0.790. The molecule has 2 aliphatic rings. The first kappa shape index (κ1) is 12.9. The highest BCUT2D eigenvalue weighted by Gasteiger charge is 2.33. The Labute approximate surface area is 115 Å². The molecule has 1 saturated heterocycles. The molecule has 3 N–H and O–H groups in total. The summed E-state index contributed by atoms with van der Waals surface area (Å²) in [5.74, 6) is 0.116. The molecular weight excluding hydrogens is 262 g/mol. The molecule has 1 aliphatic heterocycles. The van der Waals surface area contributed by atoms with Gasteiger partial charge in [-0.2, -0.15) is 0 Å². The number of carbonyl (C=O) groups is 2. The van der Waals surface area contributed by atoms with Crippen molar-refractivity contribution < 1.29 is 14.2 Å². The first-order valence-corrected chi connectivity index (χ1v) is 6.83. The number of nitrogen functional groups attached to an aromatic ring is 1. The third kappa shape index (κ3) is 2.59. The molecule has 1 aliphatic carbocycles. The molecule has 8 nitrogen and oxygen atoms in total. The van der Waals surface area contributed by atoms with Crippen molar-refractivity contribution in [1.82, 2.24) is 20.5 Å². The molecule has 0 bridgehead atoms. The van der Waals surface area contributed by atoms with E-state index >= 15 is 0 Å². The van der Waals surface area contributed by atoms with Gasteiger partial charge < -0.3 is 16.0 Å². The van der Waals surface area contributed by atoms with Gasteiger partial charge >= 0.3 is 0 Å². The molecule has 0 radical (unpaired) electrons. The van der Waals surface area contributed by atoms with E-state index in [4.69, 9.17) is 5.73 Å². The van der Waals surface area contributed by atoms with Crippen LogP contribution >= 0.6 is 0 Å². The van der Waals surface area contributed by atoms with Crippen LogP contribution in [0.25, 0.3) is 0 Å². The monoisotopic (exact) mass is 279 g/mol. The SMILES string of the molecule is Nc1nonc1C(=O)N1CCC(NC(=O)C2CC2)CC1. The number of hydrogen-bond acceptors (Lipinski definition) is 6. The van der Waals surface area contributed by atoms with Crippen LogP contribution in [-0.2, 0) is 4.79 Å². The van der Waals surface area contributed by atoms with Crippen LogP contribution in [0, 0.1) is 5.92 Å². The van der Waals surface area contributed by atoms with Gasteiger partial charge in [-0.15, -0.1) is 0 Å². The highest BCUT2D eigenvalue weighted by atomic mass is 16.6. The zero-order valence-corrected chi connectivity index (χ0v) is 11.0. The van der Waals surface area contributed by atoms with Crippen LogP contribution in [0.15, 0.2) is 4.63 Å². The van der Waals surface area contributed by atoms with Crippen LogP contribution in [0.4, 0.5) is 5.82 Å². The van der Waals surface area contributed by atoms with E-state index in [2.05, 4.69) is 20.3 Å². The molecule has 0 spiro atoms. The molecule has 2 fully saturated rings. The number of nitrogens with one attached hydrogen (secondary N) is 1. The highest BCUT2D eigenvalue weighted by Crippen LogP contribution is 2.29. The predicted octanol–water partition coefficient (Wildman–Crippen LogP) is -0.217. The Morgan fingerprint density at radius 2 is 1.90 bits per heavy atom. The maximum Gasteiger partial charge on any atom is 0.280 e. The minimum atomic E-state index is -0.268. The summed E-state index contributed by atoms with van der Waals surface area (Å²) in [5.41, 5.74) is 5.57. The standard InChI is InChI=1S/C12H17N5O3/c13-10-9(15-20-16-10)12(19)17-5-3-8(4-6-17)14-11(18)7-1-2-7/h7-8H,1-6H2,(H2,13,16)(H,14,18). The van der Waals surface area contributed by atoms with E-state index in [9.17, 15) is 9.59 Å². The summed E-state index contributed by atoms with van der Waals surface area (Å²) in [6.07, 6.45) is 3.49. The molecular formula is C12H17N5O3. The lowest BCUT2D eigenvalue weighted by atomic mass is 10.0. The van der Waals surface area contributed by atoms with Gasteiger partial charge in [-0.25, -0.2) is 4.63 Å². The summed E-state index contributed by atoms with van der Waals surface area (Å²) >= 11 is 0. The van der Waals surface area contributed by atoms with E-state index in [1.165, 1.54) is 0 Å². The van der Waals surface area contributed by atoms with Crippen LogP contribution in [0.3, 0.4) is 0 Å². The summed E-state index contributed by atoms with van der Waals surface area (Å²) in [6, 6.07) is 0.153. The number of hydrogen-bond donors (Lipinski definition) is 2. The number of rotatable bonds is 3.